The van der Waals surface area contributed by atoms with Crippen molar-refractivity contribution in [1.29, 1.82) is 0 Å². The van der Waals surface area contributed by atoms with Crippen molar-refractivity contribution < 1.29 is 14.6 Å². The molecule has 0 radical (unpaired) electrons. The van der Waals surface area contributed by atoms with E-state index in [-0.39, 0.29) is 16.9 Å². The molecule has 1 aromatic carbocycles. The molecule has 14 heavy (non-hydrogen) atoms. The van der Waals surface area contributed by atoms with Gasteiger partial charge in [0.15, 0.2) is 6.29 Å². The summed E-state index contributed by atoms with van der Waals surface area (Å²) in [6.45, 7) is 5.64. The summed E-state index contributed by atoms with van der Waals surface area (Å²) in [5, 5.41) is 9.38. The molecule has 3 nitrogen and oxygen atoms in total. The van der Waals surface area contributed by atoms with Crippen LogP contribution in [-0.2, 0) is 0 Å². The molecule has 0 aliphatic rings. The number of hydrogen-bond donors (Lipinski definition) is 1. The Bertz CT molecular complexity index is 337. The molecule has 0 bridgehead atoms. The molecule has 1 N–H and O–H groups in total. The van der Waals surface area contributed by atoms with Gasteiger partial charge in [-0.15, -0.1) is 0 Å². The average molecular weight is 194 g/mol. The zero-order valence-electron chi connectivity index (χ0n) is 8.57. The Labute approximate surface area is 83.3 Å². The molecule has 0 aliphatic heterocycles. The van der Waals surface area contributed by atoms with Crippen molar-refractivity contribution in [2.24, 2.45) is 0 Å². The zero-order chi connectivity index (χ0) is 10.8. The monoisotopic (exact) mass is 194 g/mol. The Kier molecular flexibility index (Phi) is 2.79. The van der Waals surface area contributed by atoms with Gasteiger partial charge in [-0.1, -0.05) is 6.07 Å². The van der Waals surface area contributed by atoms with Crippen LogP contribution in [0, 0.1) is 0 Å². The fourth-order valence-corrected chi connectivity index (χ4v) is 1.07. The lowest BCUT2D eigenvalue weighted by molar-refractivity contribution is 0.109. The summed E-state index contributed by atoms with van der Waals surface area (Å²) in [6.07, 6.45) is 0.594. The Morgan fingerprint density at radius 1 is 1.36 bits per heavy atom. The van der Waals surface area contributed by atoms with Gasteiger partial charge >= 0.3 is 0 Å². The number of ether oxygens (including phenoxy) is 1. The van der Waals surface area contributed by atoms with Gasteiger partial charge in [-0.25, -0.2) is 0 Å². The molecule has 0 saturated carbocycles. The molecule has 0 atom stereocenters. The van der Waals surface area contributed by atoms with Gasteiger partial charge in [0, 0.05) is 0 Å². The van der Waals surface area contributed by atoms with Crippen LogP contribution >= 0.6 is 0 Å². The van der Waals surface area contributed by atoms with E-state index >= 15 is 0 Å². The number of aromatic hydroxyl groups is 1. The van der Waals surface area contributed by atoms with Crippen LogP contribution in [0.1, 0.15) is 31.1 Å². The summed E-state index contributed by atoms with van der Waals surface area (Å²) in [6, 6.07) is 4.76. The number of carbonyl (C=O) groups is 1. The second-order valence-corrected chi connectivity index (χ2v) is 4.02. The first kappa shape index (κ1) is 10.6. The molecule has 1 aromatic rings. The molecule has 0 heterocycles. The molecular weight excluding hydrogens is 180 g/mol. The Morgan fingerprint density at radius 2 is 2.00 bits per heavy atom. The third kappa shape index (κ3) is 2.49. The summed E-state index contributed by atoms with van der Waals surface area (Å²) in [7, 11) is 0. The third-order valence-electron chi connectivity index (χ3n) is 1.58. The highest BCUT2D eigenvalue weighted by Crippen LogP contribution is 2.28. The lowest BCUT2D eigenvalue weighted by Gasteiger charge is -2.22. The van der Waals surface area contributed by atoms with E-state index in [4.69, 9.17) is 4.74 Å². The minimum atomic E-state index is -0.383. The Hall–Kier alpha value is -1.51. The van der Waals surface area contributed by atoms with Crippen LogP contribution in [0.3, 0.4) is 0 Å². The Morgan fingerprint density at radius 3 is 2.50 bits per heavy atom. The summed E-state index contributed by atoms with van der Waals surface area (Å²) in [5.74, 6) is 0.356. The standard InChI is InChI=1S/C11H14O3/c1-11(2,3)14-10-6-4-5-9(13)8(10)7-12/h4-7,13H,1-3H3. The molecular formula is C11H14O3. The van der Waals surface area contributed by atoms with Gasteiger partial charge in [0.05, 0.1) is 5.56 Å². The van der Waals surface area contributed by atoms with Gasteiger partial charge in [0.2, 0.25) is 0 Å². The summed E-state index contributed by atoms with van der Waals surface area (Å²) < 4.78 is 5.51. The maximum Gasteiger partial charge on any atom is 0.157 e. The van der Waals surface area contributed by atoms with Crippen LogP contribution in [0.15, 0.2) is 18.2 Å². The molecule has 0 aromatic heterocycles. The van der Waals surface area contributed by atoms with Gasteiger partial charge in [0.25, 0.3) is 0 Å². The van der Waals surface area contributed by atoms with Crippen LogP contribution in [0.2, 0.25) is 0 Å². The molecule has 1 rings (SSSR count). The predicted molar refractivity (Wildman–Crippen MR) is 53.9 cm³/mol. The van der Waals surface area contributed by atoms with Crippen LogP contribution in [0.25, 0.3) is 0 Å². The van der Waals surface area contributed by atoms with Crippen LogP contribution < -0.4 is 4.74 Å². The highest BCUT2D eigenvalue weighted by atomic mass is 16.5. The van der Waals surface area contributed by atoms with Crippen LogP contribution in [0.5, 0.6) is 11.5 Å². The topological polar surface area (TPSA) is 46.5 Å². The first-order valence-electron chi connectivity index (χ1n) is 4.40. The van der Waals surface area contributed by atoms with E-state index in [2.05, 4.69) is 0 Å². The van der Waals surface area contributed by atoms with Crippen molar-refractivity contribution in [3.8, 4) is 11.5 Å². The van der Waals surface area contributed by atoms with Crippen LogP contribution in [-0.4, -0.2) is 17.0 Å². The molecule has 0 saturated heterocycles. The van der Waals surface area contributed by atoms with E-state index in [1.54, 1.807) is 12.1 Å². The van der Waals surface area contributed by atoms with Crippen molar-refractivity contribution in [1.82, 2.24) is 0 Å². The maximum atomic E-state index is 10.7. The predicted octanol–water partition coefficient (Wildman–Crippen LogP) is 2.38. The normalized spacial score (nSPS) is 11.1. The second-order valence-electron chi connectivity index (χ2n) is 4.02. The first-order valence-corrected chi connectivity index (χ1v) is 4.40. The minimum absolute atomic E-state index is 0.0539. The van der Waals surface area contributed by atoms with Gasteiger partial charge < -0.3 is 9.84 Å². The van der Waals surface area contributed by atoms with E-state index in [9.17, 15) is 9.90 Å². The smallest absolute Gasteiger partial charge is 0.157 e. The third-order valence-corrected chi connectivity index (χ3v) is 1.58. The number of carbonyl (C=O) groups excluding carboxylic acids is 1. The molecule has 0 spiro atoms. The SMILES string of the molecule is CC(C)(C)Oc1cccc(O)c1C=O. The fourth-order valence-electron chi connectivity index (χ4n) is 1.07. The number of hydrogen-bond acceptors (Lipinski definition) is 3. The molecule has 3 heteroatoms. The van der Waals surface area contributed by atoms with E-state index in [0.717, 1.165) is 0 Å². The van der Waals surface area contributed by atoms with Gasteiger partial charge in [-0.2, -0.15) is 0 Å². The minimum Gasteiger partial charge on any atom is -0.507 e. The van der Waals surface area contributed by atoms with Crippen molar-refractivity contribution in [3.63, 3.8) is 0 Å². The van der Waals surface area contributed by atoms with Gasteiger partial charge in [-0.05, 0) is 32.9 Å². The molecule has 0 unspecified atom stereocenters. The number of benzene rings is 1. The fraction of sp³-hybridized carbons (Fsp3) is 0.364. The zero-order valence-corrected chi connectivity index (χ0v) is 8.57. The highest BCUT2D eigenvalue weighted by Gasteiger charge is 2.15. The van der Waals surface area contributed by atoms with Crippen molar-refractivity contribution in [2.75, 3.05) is 0 Å². The van der Waals surface area contributed by atoms with Crippen molar-refractivity contribution in [2.45, 2.75) is 26.4 Å². The second kappa shape index (κ2) is 3.70. The molecule has 0 aliphatic carbocycles. The largest absolute Gasteiger partial charge is 0.507 e. The van der Waals surface area contributed by atoms with Gasteiger partial charge in [0.1, 0.15) is 17.1 Å². The average Bonchev–Trinajstić information content (AvgIpc) is 2.01. The summed E-state index contributed by atoms with van der Waals surface area (Å²) in [4.78, 5) is 10.7. The van der Waals surface area contributed by atoms with Gasteiger partial charge in [-0.3, -0.25) is 4.79 Å². The van der Waals surface area contributed by atoms with Crippen molar-refractivity contribution >= 4 is 6.29 Å². The van der Waals surface area contributed by atoms with E-state index in [1.807, 2.05) is 20.8 Å². The highest BCUT2D eigenvalue weighted by molar-refractivity contribution is 5.83. The molecule has 76 valence electrons. The summed E-state index contributed by atoms with van der Waals surface area (Å²) in [5.41, 5.74) is -0.187. The number of phenolic OH excluding ortho intramolecular Hbond substituents is 1. The Balaban J connectivity index is 3.08. The maximum absolute atomic E-state index is 10.7. The summed E-state index contributed by atoms with van der Waals surface area (Å²) >= 11 is 0. The van der Waals surface area contributed by atoms with Crippen molar-refractivity contribution in [3.05, 3.63) is 23.8 Å². The van der Waals surface area contributed by atoms with Crippen LogP contribution in [0.4, 0.5) is 0 Å². The van der Waals surface area contributed by atoms with E-state index in [1.165, 1.54) is 6.07 Å². The number of rotatable bonds is 2. The lowest BCUT2D eigenvalue weighted by atomic mass is 10.1. The molecule has 0 amide bonds. The van der Waals surface area contributed by atoms with E-state index < -0.39 is 0 Å². The first-order chi connectivity index (χ1) is 6.44. The number of aldehydes is 1. The number of phenols is 1. The van der Waals surface area contributed by atoms with E-state index in [0.29, 0.717) is 12.0 Å². The molecule has 0 fully saturated rings. The lowest BCUT2D eigenvalue weighted by Crippen LogP contribution is -2.23. The quantitative estimate of drug-likeness (QED) is 0.735.